The lowest BCUT2D eigenvalue weighted by Gasteiger charge is -2.19. The number of alkyl halides is 5. The Balaban J connectivity index is 2.05. The van der Waals surface area contributed by atoms with Crippen molar-refractivity contribution in [1.82, 2.24) is 4.98 Å². The van der Waals surface area contributed by atoms with Gasteiger partial charge in [-0.05, 0) is 25.0 Å². The van der Waals surface area contributed by atoms with Crippen LogP contribution in [-0.4, -0.2) is 36.1 Å². The molecule has 1 amide bonds. The van der Waals surface area contributed by atoms with Crippen LogP contribution in [0.25, 0.3) is 0 Å². The number of anilines is 2. The zero-order chi connectivity index (χ0) is 15.7. The lowest BCUT2D eigenvalue weighted by molar-refractivity contribution is -0.267. The quantitative estimate of drug-likeness (QED) is 0.873. The van der Waals surface area contributed by atoms with Crippen LogP contribution in [0.5, 0.6) is 0 Å². The summed E-state index contributed by atoms with van der Waals surface area (Å²) < 4.78 is 61.6. The first-order valence-electron chi connectivity index (χ1n) is 6.19. The minimum atomic E-state index is -5.93. The van der Waals surface area contributed by atoms with Crippen molar-refractivity contribution >= 4 is 17.4 Å². The van der Waals surface area contributed by atoms with E-state index in [-0.39, 0.29) is 5.69 Å². The van der Waals surface area contributed by atoms with Gasteiger partial charge in [0.1, 0.15) is 5.82 Å². The molecule has 4 nitrogen and oxygen atoms in total. The van der Waals surface area contributed by atoms with E-state index in [1.165, 1.54) is 17.4 Å². The number of hydrogen-bond acceptors (Lipinski definition) is 3. The number of hydrogen-bond donors (Lipinski definition) is 1. The van der Waals surface area contributed by atoms with Crippen molar-refractivity contribution in [3.8, 4) is 0 Å². The molecule has 21 heavy (non-hydrogen) atoms. The van der Waals surface area contributed by atoms with E-state index in [0.717, 1.165) is 32.1 Å². The lowest BCUT2D eigenvalue weighted by Crippen LogP contribution is -2.47. The first kappa shape index (κ1) is 15.5. The second-order valence-electron chi connectivity index (χ2n) is 4.63. The average Bonchev–Trinajstić information content (AvgIpc) is 2.92. The first-order valence-corrected chi connectivity index (χ1v) is 6.19. The third-order valence-electron chi connectivity index (χ3n) is 3.08. The van der Waals surface area contributed by atoms with E-state index in [1.54, 1.807) is 0 Å². The van der Waals surface area contributed by atoms with Crippen molar-refractivity contribution < 1.29 is 26.7 Å². The molecular weight excluding hydrogens is 297 g/mol. The van der Waals surface area contributed by atoms with Gasteiger partial charge in [0.2, 0.25) is 0 Å². The number of nitrogens with zero attached hydrogens (tertiary/aromatic N) is 2. The molecule has 0 radical (unpaired) electrons. The molecule has 2 heterocycles. The Bertz CT molecular complexity index is 509. The molecule has 1 aliphatic rings. The highest BCUT2D eigenvalue weighted by Crippen LogP contribution is 2.36. The van der Waals surface area contributed by atoms with E-state index >= 15 is 0 Å². The molecule has 2 rings (SSSR count). The van der Waals surface area contributed by atoms with E-state index in [4.69, 9.17) is 0 Å². The average molecular weight is 309 g/mol. The van der Waals surface area contributed by atoms with Crippen molar-refractivity contribution in [2.24, 2.45) is 0 Å². The maximum Gasteiger partial charge on any atom is 0.463 e. The number of carbonyl (C=O) groups excluding carboxylic acids is 1. The summed E-state index contributed by atoms with van der Waals surface area (Å²) in [5.74, 6) is -7.28. The van der Waals surface area contributed by atoms with Gasteiger partial charge in [-0.25, -0.2) is 4.98 Å². The highest BCUT2D eigenvalue weighted by Gasteiger charge is 2.63. The molecule has 0 atom stereocenters. The highest BCUT2D eigenvalue weighted by molar-refractivity contribution is 5.96. The molecule has 0 bridgehead atoms. The van der Waals surface area contributed by atoms with Crippen LogP contribution in [0.2, 0.25) is 0 Å². The van der Waals surface area contributed by atoms with Gasteiger partial charge in [-0.3, -0.25) is 4.79 Å². The van der Waals surface area contributed by atoms with Crippen molar-refractivity contribution in [3.63, 3.8) is 0 Å². The molecule has 9 heteroatoms. The maximum atomic E-state index is 12.8. The van der Waals surface area contributed by atoms with Gasteiger partial charge < -0.3 is 10.2 Å². The highest BCUT2D eigenvalue weighted by atomic mass is 19.4. The molecule has 116 valence electrons. The van der Waals surface area contributed by atoms with Gasteiger partial charge in [0.05, 0.1) is 11.9 Å². The number of carbonyl (C=O) groups is 1. The molecule has 1 aromatic heterocycles. The predicted octanol–water partition coefficient (Wildman–Crippen LogP) is 2.82. The smallest absolute Gasteiger partial charge is 0.357 e. The standard InChI is InChI=1S/C12H12F5N3O/c13-11(14,12(15,16)17)10(21)19-8-3-4-9(18-7-8)20-5-1-2-6-20/h3-4,7H,1-2,5-6H2,(H,19,21). The van der Waals surface area contributed by atoms with Gasteiger partial charge in [0.25, 0.3) is 0 Å². The van der Waals surface area contributed by atoms with E-state index in [1.807, 2.05) is 4.90 Å². The van der Waals surface area contributed by atoms with Gasteiger partial charge in [-0.15, -0.1) is 0 Å². The predicted molar refractivity (Wildman–Crippen MR) is 65.3 cm³/mol. The Morgan fingerprint density at radius 3 is 2.24 bits per heavy atom. The van der Waals surface area contributed by atoms with E-state index in [0.29, 0.717) is 5.82 Å². The molecule has 0 aliphatic carbocycles. The minimum absolute atomic E-state index is 0.216. The molecule has 0 unspecified atom stereocenters. The second-order valence-corrected chi connectivity index (χ2v) is 4.63. The SMILES string of the molecule is O=C(Nc1ccc(N2CCCC2)nc1)C(F)(F)C(F)(F)F. The van der Waals surface area contributed by atoms with Crippen LogP contribution in [0.1, 0.15) is 12.8 Å². The lowest BCUT2D eigenvalue weighted by atomic mass is 10.3. The number of amides is 1. The van der Waals surface area contributed by atoms with Crippen LogP contribution in [0.4, 0.5) is 33.5 Å². The van der Waals surface area contributed by atoms with Crippen molar-refractivity contribution in [1.29, 1.82) is 0 Å². The number of rotatable bonds is 3. The van der Waals surface area contributed by atoms with Gasteiger partial charge in [0, 0.05) is 13.1 Å². The summed E-state index contributed by atoms with van der Waals surface area (Å²) in [5.41, 5.74) is -0.216. The topological polar surface area (TPSA) is 45.2 Å². The van der Waals surface area contributed by atoms with Crippen LogP contribution in [0.3, 0.4) is 0 Å². The van der Waals surface area contributed by atoms with Crippen molar-refractivity contribution in [2.45, 2.75) is 24.9 Å². The van der Waals surface area contributed by atoms with Gasteiger partial charge >= 0.3 is 18.0 Å². The summed E-state index contributed by atoms with van der Waals surface area (Å²) in [6, 6.07) is 2.71. The summed E-state index contributed by atoms with van der Waals surface area (Å²) in [4.78, 5) is 16.9. The number of pyridine rings is 1. The zero-order valence-electron chi connectivity index (χ0n) is 10.8. The monoisotopic (exact) mass is 309 g/mol. The summed E-state index contributed by atoms with van der Waals surface area (Å²) in [5, 5.41) is 1.52. The summed E-state index contributed by atoms with van der Waals surface area (Å²) >= 11 is 0. The van der Waals surface area contributed by atoms with Crippen molar-refractivity contribution in [3.05, 3.63) is 18.3 Å². The van der Waals surface area contributed by atoms with Crippen LogP contribution < -0.4 is 10.2 Å². The fourth-order valence-electron chi connectivity index (χ4n) is 1.93. The van der Waals surface area contributed by atoms with Gasteiger partial charge in [0.15, 0.2) is 0 Å². The summed E-state index contributed by atoms with van der Waals surface area (Å²) in [6.07, 6.45) is -2.85. The Hall–Kier alpha value is -1.93. The Kier molecular flexibility index (Phi) is 4.02. The van der Waals surface area contributed by atoms with E-state index in [2.05, 4.69) is 4.98 Å². The fraction of sp³-hybridized carbons (Fsp3) is 0.500. The molecule has 1 N–H and O–H groups in total. The first-order chi connectivity index (χ1) is 9.72. The molecule has 1 saturated heterocycles. The van der Waals surface area contributed by atoms with Gasteiger partial charge in [-0.2, -0.15) is 22.0 Å². The van der Waals surface area contributed by atoms with Crippen LogP contribution in [0, 0.1) is 0 Å². The molecule has 1 aromatic rings. The minimum Gasteiger partial charge on any atom is -0.357 e. The Morgan fingerprint density at radius 2 is 1.76 bits per heavy atom. The third kappa shape index (κ3) is 3.22. The molecule has 1 fully saturated rings. The number of halogens is 5. The maximum absolute atomic E-state index is 12.8. The molecular formula is C12H12F5N3O. The second kappa shape index (κ2) is 5.45. The number of aromatic nitrogens is 1. The Morgan fingerprint density at radius 1 is 1.14 bits per heavy atom. The van der Waals surface area contributed by atoms with Crippen LogP contribution in [0.15, 0.2) is 18.3 Å². The number of nitrogens with one attached hydrogen (secondary N) is 1. The fourth-order valence-corrected chi connectivity index (χ4v) is 1.93. The zero-order valence-corrected chi connectivity index (χ0v) is 10.8. The molecule has 0 spiro atoms. The summed E-state index contributed by atoms with van der Waals surface area (Å²) in [6.45, 7) is 1.62. The van der Waals surface area contributed by atoms with E-state index < -0.39 is 18.0 Å². The summed E-state index contributed by atoms with van der Waals surface area (Å²) in [7, 11) is 0. The van der Waals surface area contributed by atoms with Gasteiger partial charge in [-0.1, -0.05) is 0 Å². The van der Waals surface area contributed by atoms with Crippen LogP contribution >= 0.6 is 0 Å². The molecule has 1 aliphatic heterocycles. The normalized spacial score (nSPS) is 16.1. The third-order valence-corrected chi connectivity index (χ3v) is 3.08. The van der Waals surface area contributed by atoms with Crippen molar-refractivity contribution in [2.75, 3.05) is 23.3 Å². The molecule has 0 saturated carbocycles. The largest absolute Gasteiger partial charge is 0.463 e. The van der Waals surface area contributed by atoms with E-state index in [9.17, 15) is 26.7 Å². The molecule has 0 aromatic carbocycles. The Labute approximate surface area is 116 Å². The van der Waals surface area contributed by atoms with Crippen LogP contribution in [-0.2, 0) is 4.79 Å².